The molecule has 0 bridgehead atoms. The van der Waals surface area contributed by atoms with Gasteiger partial charge in [-0.1, -0.05) is 0 Å². The molecule has 1 heterocycles. The Balaban J connectivity index is 1.96. The Hall–Kier alpha value is -2.35. The molecule has 110 valence electrons. The van der Waals surface area contributed by atoms with Crippen molar-refractivity contribution in [3.63, 3.8) is 0 Å². The van der Waals surface area contributed by atoms with Crippen molar-refractivity contribution in [2.24, 2.45) is 0 Å². The van der Waals surface area contributed by atoms with Gasteiger partial charge < -0.3 is 10.1 Å². The lowest BCUT2D eigenvalue weighted by atomic mass is 10.3. The highest BCUT2D eigenvalue weighted by Gasteiger charge is 2.08. The van der Waals surface area contributed by atoms with Crippen LogP contribution in [0.3, 0.4) is 0 Å². The summed E-state index contributed by atoms with van der Waals surface area (Å²) in [5.41, 5.74) is 6.03. The van der Waals surface area contributed by atoms with Crippen molar-refractivity contribution in [2.75, 3.05) is 17.9 Å². The zero-order chi connectivity index (χ0) is 15.2. The number of carbonyl (C=O) groups is 1. The van der Waals surface area contributed by atoms with Crippen LogP contribution in [0.25, 0.3) is 0 Å². The summed E-state index contributed by atoms with van der Waals surface area (Å²) >= 11 is 3.18. The molecule has 3 N–H and O–H groups in total. The van der Waals surface area contributed by atoms with Crippen LogP contribution in [0.4, 0.5) is 20.6 Å². The second-order valence-corrected chi connectivity index (χ2v) is 4.74. The Morgan fingerprint density at radius 3 is 2.86 bits per heavy atom. The predicted molar refractivity (Wildman–Crippen MR) is 80.7 cm³/mol. The van der Waals surface area contributed by atoms with Gasteiger partial charge >= 0.3 is 6.03 Å². The van der Waals surface area contributed by atoms with Gasteiger partial charge in [0.1, 0.15) is 11.5 Å². The molecule has 2 rings (SSSR count). The maximum Gasteiger partial charge on any atom is 0.338 e. The molecule has 1 aromatic carbocycles. The number of hydrazine groups is 1. The molecule has 0 radical (unpaired) electrons. The first kappa shape index (κ1) is 15.0. The van der Waals surface area contributed by atoms with Crippen molar-refractivity contribution in [2.45, 2.75) is 0 Å². The Bertz CT molecular complexity index is 654. The van der Waals surface area contributed by atoms with Gasteiger partial charge in [0, 0.05) is 10.7 Å². The SMILES string of the molecule is COc1ncccc1NC(=O)NNc1ccc(F)cc1Br. The van der Waals surface area contributed by atoms with Gasteiger partial charge in [0.2, 0.25) is 5.88 Å². The van der Waals surface area contributed by atoms with E-state index in [1.165, 1.54) is 25.3 Å². The molecule has 0 aliphatic heterocycles. The second-order valence-electron chi connectivity index (χ2n) is 3.89. The Morgan fingerprint density at radius 2 is 2.14 bits per heavy atom. The van der Waals surface area contributed by atoms with E-state index in [1.54, 1.807) is 18.3 Å². The first-order valence-corrected chi connectivity index (χ1v) is 6.66. The minimum atomic E-state index is -0.516. The third-order valence-electron chi connectivity index (χ3n) is 2.45. The minimum Gasteiger partial charge on any atom is -0.480 e. The fourth-order valence-electron chi connectivity index (χ4n) is 1.52. The maximum absolute atomic E-state index is 12.9. The van der Waals surface area contributed by atoms with E-state index in [9.17, 15) is 9.18 Å². The summed E-state index contributed by atoms with van der Waals surface area (Å²) in [6.45, 7) is 0. The minimum absolute atomic E-state index is 0.301. The van der Waals surface area contributed by atoms with Gasteiger partial charge in [-0.3, -0.25) is 10.9 Å². The van der Waals surface area contributed by atoms with E-state index in [0.29, 0.717) is 21.7 Å². The van der Waals surface area contributed by atoms with Crippen molar-refractivity contribution in [3.05, 3.63) is 46.8 Å². The monoisotopic (exact) mass is 354 g/mol. The summed E-state index contributed by atoms with van der Waals surface area (Å²) < 4.78 is 18.4. The normalized spacial score (nSPS) is 9.86. The molecule has 0 aliphatic carbocycles. The number of pyridine rings is 1. The summed E-state index contributed by atoms with van der Waals surface area (Å²) in [6, 6.07) is 6.85. The number of hydrogen-bond acceptors (Lipinski definition) is 4. The van der Waals surface area contributed by atoms with Gasteiger partial charge in [0.25, 0.3) is 0 Å². The Labute approximate surface area is 128 Å². The number of nitrogens with one attached hydrogen (secondary N) is 3. The number of urea groups is 1. The average Bonchev–Trinajstić information content (AvgIpc) is 2.47. The fraction of sp³-hybridized carbons (Fsp3) is 0.0769. The fourth-order valence-corrected chi connectivity index (χ4v) is 1.97. The van der Waals surface area contributed by atoms with E-state index >= 15 is 0 Å². The van der Waals surface area contributed by atoms with Crippen molar-refractivity contribution < 1.29 is 13.9 Å². The van der Waals surface area contributed by atoms with Crippen molar-refractivity contribution in [1.29, 1.82) is 0 Å². The smallest absolute Gasteiger partial charge is 0.338 e. The topological polar surface area (TPSA) is 75.3 Å². The molecule has 0 fully saturated rings. The largest absolute Gasteiger partial charge is 0.480 e. The Morgan fingerprint density at radius 1 is 1.33 bits per heavy atom. The lowest BCUT2D eigenvalue weighted by Gasteiger charge is -2.12. The van der Waals surface area contributed by atoms with Crippen LogP contribution in [-0.4, -0.2) is 18.1 Å². The molecule has 8 heteroatoms. The highest BCUT2D eigenvalue weighted by molar-refractivity contribution is 9.10. The number of rotatable bonds is 4. The highest BCUT2D eigenvalue weighted by atomic mass is 79.9. The average molecular weight is 355 g/mol. The molecular weight excluding hydrogens is 343 g/mol. The molecule has 21 heavy (non-hydrogen) atoms. The number of benzene rings is 1. The molecule has 2 aromatic rings. The number of ether oxygens (including phenoxy) is 1. The number of nitrogens with zero attached hydrogens (tertiary/aromatic N) is 1. The lowest BCUT2D eigenvalue weighted by Crippen LogP contribution is -2.33. The van der Waals surface area contributed by atoms with E-state index in [4.69, 9.17) is 4.74 Å². The van der Waals surface area contributed by atoms with Gasteiger partial charge in [-0.15, -0.1) is 0 Å². The van der Waals surface area contributed by atoms with Gasteiger partial charge in [0.05, 0.1) is 12.8 Å². The zero-order valence-corrected chi connectivity index (χ0v) is 12.6. The Kier molecular flexibility index (Phi) is 4.94. The van der Waals surface area contributed by atoms with Crippen LogP contribution >= 0.6 is 15.9 Å². The van der Waals surface area contributed by atoms with Crippen molar-refractivity contribution in [1.82, 2.24) is 10.4 Å². The van der Waals surface area contributed by atoms with Crippen LogP contribution in [0.15, 0.2) is 41.0 Å². The third-order valence-corrected chi connectivity index (χ3v) is 3.11. The third kappa shape index (κ3) is 4.06. The molecule has 0 saturated carbocycles. The number of halogens is 2. The van der Waals surface area contributed by atoms with Crippen LogP contribution < -0.4 is 20.9 Å². The summed E-state index contributed by atoms with van der Waals surface area (Å²) in [6.07, 6.45) is 1.55. The van der Waals surface area contributed by atoms with Gasteiger partial charge in [0.15, 0.2) is 0 Å². The van der Waals surface area contributed by atoms with Crippen LogP contribution in [0, 0.1) is 5.82 Å². The van der Waals surface area contributed by atoms with Gasteiger partial charge in [-0.25, -0.2) is 14.2 Å². The number of amides is 2. The molecule has 6 nitrogen and oxygen atoms in total. The molecule has 0 atom stereocenters. The molecular formula is C13H12BrFN4O2. The molecule has 0 unspecified atom stereocenters. The van der Waals surface area contributed by atoms with Crippen molar-refractivity contribution in [3.8, 4) is 5.88 Å². The quantitative estimate of drug-likeness (QED) is 0.737. The molecule has 0 spiro atoms. The van der Waals surface area contributed by atoms with Crippen molar-refractivity contribution >= 4 is 33.3 Å². The number of aromatic nitrogens is 1. The van der Waals surface area contributed by atoms with Crippen LogP contribution in [0.1, 0.15) is 0 Å². The second kappa shape index (κ2) is 6.89. The van der Waals surface area contributed by atoms with E-state index in [2.05, 4.69) is 37.1 Å². The number of anilines is 2. The standard InChI is InChI=1S/C13H12BrFN4O2/c1-21-12-11(3-2-6-16-12)17-13(20)19-18-10-5-4-8(15)7-9(10)14/h2-7,18H,1H3,(H2,17,19,20). The first-order valence-electron chi connectivity index (χ1n) is 5.87. The summed E-state index contributed by atoms with van der Waals surface area (Å²) in [4.78, 5) is 15.7. The highest BCUT2D eigenvalue weighted by Crippen LogP contribution is 2.22. The van der Waals surface area contributed by atoms with E-state index in [0.717, 1.165) is 0 Å². The lowest BCUT2D eigenvalue weighted by molar-refractivity contribution is 0.253. The van der Waals surface area contributed by atoms with Crippen LogP contribution in [0.5, 0.6) is 5.88 Å². The van der Waals surface area contributed by atoms with E-state index in [1.807, 2.05) is 0 Å². The summed E-state index contributed by atoms with van der Waals surface area (Å²) in [7, 11) is 1.46. The molecule has 1 aromatic heterocycles. The number of hydrogen-bond donors (Lipinski definition) is 3. The van der Waals surface area contributed by atoms with E-state index < -0.39 is 6.03 Å². The molecule has 2 amide bonds. The summed E-state index contributed by atoms with van der Waals surface area (Å²) in [5.74, 6) is -0.0763. The van der Waals surface area contributed by atoms with Gasteiger partial charge in [-0.2, -0.15) is 0 Å². The number of methoxy groups -OCH3 is 1. The predicted octanol–water partition coefficient (Wildman–Crippen LogP) is 3.14. The van der Waals surface area contributed by atoms with Crippen LogP contribution in [0.2, 0.25) is 0 Å². The zero-order valence-electron chi connectivity index (χ0n) is 11.0. The summed E-state index contributed by atoms with van der Waals surface area (Å²) in [5, 5.41) is 2.57. The van der Waals surface area contributed by atoms with E-state index in [-0.39, 0.29) is 5.82 Å². The van der Waals surface area contributed by atoms with Crippen LogP contribution in [-0.2, 0) is 0 Å². The molecule has 0 saturated heterocycles. The maximum atomic E-state index is 12.9. The number of carbonyl (C=O) groups excluding carboxylic acids is 1. The van der Waals surface area contributed by atoms with Gasteiger partial charge in [-0.05, 0) is 46.3 Å². The first-order chi connectivity index (χ1) is 10.1. The molecule has 0 aliphatic rings.